The van der Waals surface area contributed by atoms with Gasteiger partial charge in [0.15, 0.2) is 5.16 Å². The number of rotatable bonds is 5. The zero-order valence-electron chi connectivity index (χ0n) is 13.8. The number of esters is 1. The van der Waals surface area contributed by atoms with Crippen LogP contribution in [0.1, 0.15) is 15.9 Å². The van der Waals surface area contributed by atoms with Crippen LogP contribution in [0.2, 0.25) is 0 Å². The number of aryl methyl sites for hydroxylation is 1. The first-order valence-electron chi connectivity index (χ1n) is 7.62. The number of nitrogens with one attached hydrogen (secondary N) is 2. The zero-order valence-corrected chi connectivity index (χ0v) is 14.6. The molecule has 0 spiro atoms. The number of benzene rings is 2. The number of amides is 1. The molecule has 1 aromatic heterocycles. The van der Waals surface area contributed by atoms with E-state index in [1.807, 2.05) is 25.1 Å². The number of H-pyrrole nitrogens is 1. The number of ether oxygens (including phenoxy) is 1. The number of thioether (sulfide) groups is 1. The van der Waals surface area contributed by atoms with Gasteiger partial charge in [0, 0.05) is 5.69 Å². The second-order valence-electron chi connectivity index (χ2n) is 5.47. The average Bonchev–Trinajstić information content (AvgIpc) is 3.02. The minimum absolute atomic E-state index is 0.146. The summed E-state index contributed by atoms with van der Waals surface area (Å²) in [6.45, 7) is 2.02. The third kappa shape index (κ3) is 4.19. The van der Waals surface area contributed by atoms with Gasteiger partial charge in [0.2, 0.25) is 5.91 Å². The Kier molecular flexibility index (Phi) is 5.04. The van der Waals surface area contributed by atoms with Crippen molar-refractivity contribution in [1.82, 2.24) is 9.97 Å². The van der Waals surface area contributed by atoms with Crippen LogP contribution in [0.4, 0.5) is 5.69 Å². The Morgan fingerprint density at radius 2 is 1.96 bits per heavy atom. The van der Waals surface area contributed by atoms with Gasteiger partial charge in [-0.25, -0.2) is 9.78 Å². The first-order chi connectivity index (χ1) is 12.0. The van der Waals surface area contributed by atoms with Crippen LogP contribution in [0.5, 0.6) is 0 Å². The SMILES string of the molecule is COC(=O)c1ccc(NC(=O)CSc2nc3ccc(C)cc3[nH]2)cc1. The van der Waals surface area contributed by atoms with Gasteiger partial charge in [-0.15, -0.1) is 0 Å². The molecule has 0 radical (unpaired) electrons. The normalized spacial score (nSPS) is 10.6. The van der Waals surface area contributed by atoms with Crippen LogP contribution >= 0.6 is 11.8 Å². The van der Waals surface area contributed by atoms with E-state index in [9.17, 15) is 9.59 Å². The lowest BCUT2D eigenvalue weighted by molar-refractivity contribution is -0.113. The summed E-state index contributed by atoms with van der Waals surface area (Å²) < 4.78 is 4.64. The number of anilines is 1. The van der Waals surface area contributed by atoms with Crippen molar-refractivity contribution in [3.05, 3.63) is 53.6 Å². The van der Waals surface area contributed by atoms with Crippen LogP contribution in [0, 0.1) is 6.92 Å². The fraction of sp³-hybridized carbons (Fsp3) is 0.167. The Balaban J connectivity index is 1.57. The Hall–Kier alpha value is -2.80. The fourth-order valence-electron chi connectivity index (χ4n) is 2.31. The first kappa shape index (κ1) is 17.0. The maximum Gasteiger partial charge on any atom is 0.337 e. The quantitative estimate of drug-likeness (QED) is 0.541. The molecule has 0 saturated carbocycles. The number of imidazole rings is 1. The highest BCUT2D eigenvalue weighted by molar-refractivity contribution is 7.99. The molecule has 1 amide bonds. The monoisotopic (exact) mass is 355 g/mol. The third-order valence-corrected chi connectivity index (χ3v) is 4.42. The van der Waals surface area contributed by atoms with E-state index >= 15 is 0 Å². The van der Waals surface area contributed by atoms with Crippen molar-refractivity contribution in [1.29, 1.82) is 0 Å². The Bertz CT molecular complexity index is 919. The summed E-state index contributed by atoms with van der Waals surface area (Å²) in [6, 6.07) is 12.5. The smallest absolute Gasteiger partial charge is 0.337 e. The molecule has 7 heteroatoms. The molecule has 0 fully saturated rings. The lowest BCUT2D eigenvalue weighted by Gasteiger charge is -2.05. The van der Waals surface area contributed by atoms with Gasteiger partial charge in [0.25, 0.3) is 0 Å². The molecule has 3 rings (SSSR count). The lowest BCUT2D eigenvalue weighted by Crippen LogP contribution is -2.14. The van der Waals surface area contributed by atoms with E-state index in [4.69, 9.17) is 0 Å². The van der Waals surface area contributed by atoms with Crippen LogP contribution in [0.3, 0.4) is 0 Å². The van der Waals surface area contributed by atoms with Crippen molar-refractivity contribution < 1.29 is 14.3 Å². The molecular formula is C18H17N3O3S. The molecule has 0 unspecified atom stereocenters. The van der Waals surface area contributed by atoms with Gasteiger partial charge in [0.05, 0.1) is 29.5 Å². The number of aromatic amines is 1. The summed E-state index contributed by atoms with van der Waals surface area (Å²) in [6.07, 6.45) is 0. The van der Waals surface area contributed by atoms with Crippen molar-refractivity contribution in [2.45, 2.75) is 12.1 Å². The summed E-state index contributed by atoms with van der Waals surface area (Å²) in [7, 11) is 1.33. The van der Waals surface area contributed by atoms with Crippen molar-refractivity contribution in [2.24, 2.45) is 0 Å². The summed E-state index contributed by atoms with van der Waals surface area (Å²) in [5.41, 5.74) is 4.06. The molecule has 25 heavy (non-hydrogen) atoms. The molecule has 2 aromatic carbocycles. The van der Waals surface area contributed by atoms with Crippen LogP contribution < -0.4 is 5.32 Å². The molecule has 0 aliphatic rings. The molecule has 2 N–H and O–H groups in total. The molecule has 6 nitrogen and oxygen atoms in total. The molecule has 0 aliphatic heterocycles. The van der Waals surface area contributed by atoms with Gasteiger partial charge in [-0.2, -0.15) is 0 Å². The Labute approximate surface area is 149 Å². The number of hydrogen-bond acceptors (Lipinski definition) is 5. The van der Waals surface area contributed by atoms with E-state index in [-0.39, 0.29) is 11.7 Å². The molecular weight excluding hydrogens is 338 g/mol. The van der Waals surface area contributed by atoms with E-state index in [0.29, 0.717) is 16.4 Å². The maximum absolute atomic E-state index is 12.1. The van der Waals surface area contributed by atoms with E-state index in [0.717, 1.165) is 16.6 Å². The van der Waals surface area contributed by atoms with Gasteiger partial charge >= 0.3 is 5.97 Å². The minimum atomic E-state index is -0.409. The van der Waals surface area contributed by atoms with Crippen molar-refractivity contribution >= 4 is 40.4 Å². The topological polar surface area (TPSA) is 84.1 Å². The van der Waals surface area contributed by atoms with Gasteiger partial charge < -0.3 is 15.0 Å². The number of fused-ring (bicyclic) bond motifs is 1. The number of carbonyl (C=O) groups excluding carboxylic acids is 2. The Morgan fingerprint density at radius 3 is 2.68 bits per heavy atom. The predicted molar refractivity (Wildman–Crippen MR) is 98.0 cm³/mol. The molecule has 3 aromatic rings. The number of methoxy groups -OCH3 is 1. The maximum atomic E-state index is 12.1. The highest BCUT2D eigenvalue weighted by atomic mass is 32.2. The van der Waals surface area contributed by atoms with Crippen molar-refractivity contribution in [3.8, 4) is 0 Å². The lowest BCUT2D eigenvalue weighted by atomic mass is 10.2. The average molecular weight is 355 g/mol. The number of nitrogens with zero attached hydrogens (tertiary/aromatic N) is 1. The molecule has 0 atom stereocenters. The number of carbonyl (C=O) groups is 2. The van der Waals surface area contributed by atoms with E-state index < -0.39 is 5.97 Å². The standard InChI is InChI=1S/C18H17N3O3S/c1-11-3-8-14-15(9-11)21-18(20-14)25-10-16(22)19-13-6-4-12(5-7-13)17(23)24-2/h3-9H,10H2,1-2H3,(H,19,22)(H,20,21). The van der Waals surface area contributed by atoms with Gasteiger partial charge in [-0.05, 0) is 48.9 Å². The fourth-order valence-corrected chi connectivity index (χ4v) is 2.99. The van der Waals surface area contributed by atoms with Crippen LogP contribution in [-0.2, 0) is 9.53 Å². The molecule has 1 heterocycles. The second kappa shape index (κ2) is 7.40. The molecule has 128 valence electrons. The van der Waals surface area contributed by atoms with Crippen molar-refractivity contribution in [3.63, 3.8) is 0 Å². The van der Waals surface area contributed by atoms with E-state index in [2.05, 4.69) is 20.0 Å². The Morgan fingerprint density at radius 1 is 1.20 bits per heavy atom. The van der Waals surface area contributed by atoms with Gasteiger partial charge in [-0.3, -0.25) is 4.79 Å². The highest BCUT2D eigenvalue weighted by Crippen LogP contribution is 2.20. The zero-order chi connectivity index (χ0) is 17.8. The summed E-state index contributed by atoms with van der Waals surface area (Å²) in [5.74, 6) is -0.321. The van der Waals surface area contributed by atoms with Gasteiger partial charge in [-0.1, -0.05) is 17.8 Å². The van der Waals surface area contributed by atoms with Crippen LogP contribution in [-0.4, -0.2) is 34.7 Å². The van der Waals surface area contributed by atoms with Crippen LogP contribution in [0.25, 0.3) is 11.0 Å². The largest absolute Gasteiger partial charge is 0.465 e. The molecule has 0 bridgehead atoms. The summed E-state index contributed by atoms with van der Waals surface area (Å²) in [5, 5.41) is 3.49. The minimum Gasteiger partial charge on any atom is -0.465 e. The third-order valence-electron chi connectivity index (χ3n) is 3.55. The number of aromatic nitrogens is 2. The summed E-state index contributed by atoms with van der Waals surface area (Å²) >= 11 is 1.34. The van der Waals surface area contributed by atoms with Crippen molar-refractivity contribution in [2.75, 3.05) is 18.2 Å². The highest BCUT2D eigenvalue weighted by Gasteiger charge is 2.09. The molecule has 0 aliphatic carbocycles. The molecule has 0 saturated heterocycles. The summed E-state index contributed by atoms with van der Waals surface area (Å²) in [4.78, 5) is 31.1. The van der Waals surface area contributed by atoms with E-state index in [1.165, 1.54) is 18.9 Å². The van der Waals surface area contributed by atoms with Gasteiger partial charge in [0.1, 0.15) is 0 Å². The van der Waals surface area contributed by atoms with Crippen LogP contribution in [0.15, 0.2) is 47.6 Å². The van der Waals surface area contributed by atoms with E-state index in [1.54, 1.807) is 24.3 Å². The second-order valence-corrected chi connectivity index (χ2v) is 6.43. The predicted octanol–water partition coefficient (Wildman–Crippen LogP) is 3.39. The number of hydrogen-bond donors (Lipinski definition) is 2. The first-order valence-corrected chi connectivity index (χ1v) is 8.61.